The molecule has 0 nitrogen and oxygen atoms in total. The molecule has 184 valence electrons. The summed E-state index contributed by atoms with van der Waals surface area (Å²) in [5, 5.41) is 7.86. The summed E-state index contributed by atoms with van der Waals surface area (Å²) in [4.78, 5) is 0. The lowest BCUT2D eigenvalue weighted by Crippen LogP contribution is -2.14. The molecule has 0 radical (unpaired) electrons. The fourth-order valence-corrected chi connectivity index (χ4v) is 6.93. The molecule has 0 aliphatic heterocycles. The topological polar surface area (TPSA) is 0 Å². The minimum atomic E-state index is -0.0239. The average Bonchev–Trinajstić information content (AvgIpc) is 3.23. The standard InChI is InChI=1S/C39H28/c1-39(2)36-19-11-10-17-31(36)32-21-20-26(24-37(32)39)27-22-34(25-12-4-3-5-13-25)38-33-18-9-8-15-29(33)28-14-6-7-16-30(28)35(38)23-27/h3-24H,1-2H3. The molecule has 0 fully saturated rings. The van der Waals surface area contributed by atoms with E-state index >= 15 is 0 Å². The first-order chi connectivity index (χ1) is 19.1. The molecule has 0 spiro atoms. The van der Waals surface area contributed by atoms with Crippen LogP contribution in [0.5, 0.6) is 0 Å². The van der Waals surface area contributed by atoms with Gasteiger partial charge in [-0.2, -0.15) is 0 Å². The minimum Gasteiger partial charge on any atom is -0.0622 e. The van der Waals surface area contributed by atoms with Crippen LogP contribution in [-0.4, -0.2) is 0 Å². The predicted octanol–water partition coefficient (Wildman–Crippen LogP) is 10.8. The van der Waals surface area contributed by atoms with Crippen molar-refractivity contribution in [3.8, 4) is 33.4 Å². The van der Waals surface area contributed by atoms with Crippen LogP contribution in [0.3, 0.4) is 0 Å². The summed E-state index contributed by atoms with van der Waals surface area (Å²) in [6.07, 6.45) is 0. The zero-order chi connectivity index (χ0) is 26.1. The highest BCUT2D eigenvalue weighted by Crippen LogP contribution is 2.50. The van der Waals surface area contributed by atoms with Gasteiger partial charge in [0.2, 0.25) is 0 Å². The highest BCUT2D eigenvalue weighted by molar-refractivity contribution is 6.29. The Morgan fingerprint density at radius 2 is 0.949 bits per heavy atom. The zero-order valence-corrected chi connectivity index (χ0v) is 22.2. The van der Waals surface area contributed by atoms with E-state index in [4.69, 9.17) is 0 Å². The lowest BCUT2D eigenvalue weighted by atomic mass is 9.81. The van der Waals surface area contributed by atoms with Crippen LogP contribution in [0.15, 0.2) is 133 Å². The van der Waals surface area contributed by atoms with Crippen LogP contribution in [-0.2, 0) is 5.41 Å². The maximum Gasteiger partial charge on any atom is 0.0159 e. The first-order valence-corrected chi connectivity index (χ1v) is 13.8. The molecule has 0 atom stereocenters. The van der Waals surface area contributed by atoms with Crippen molar-refractivity contribution in [3.05, 3.63) is 145 Å². The van der Waals surface area contributed by atoms with E-state index in [0.717, 1.165) is 0 Å². The maximum absolute atomic E-state index is 2.44. The van der Waals surface area contributed by atoms with E-state index in [1.165, 1.54) is 76.8 Å². The van der Waals surface area contributed by atoms with E-state index in [0.29, 0.717) is 0 Å². The van der Waals surface area contributed by atoms with E-state index in [2.05, 4.69) is 147 Å². The molecule has 7 aromatic carbocycles. The second-order valence-electron chi connectivity index (χ2n) is 11.3. The predicted molar refractivity (Wildman–Crippen MR) is 167 cm³/mol. The van der Waals surface area contributed by atoms with E-state index in [-0.39, 0.29) is 5.41 Å². The third-order valence-electron chi connectivity index (χ3n) is 8.84. The molecule has 0 heterocycles. The molecule has 8 rings (SSSR count). The Morgan fingerprint density at radius 1 is 0.359 bits per heavy atom. The van der Waals surface area contributed by atoms with Crippen LogP contribution in [0.25, 0.3) is 65.7 Å². The molecule has 0 aromatic heterocycles. The van der Waals surface area contributed by atoms with Gasteiger partial charge in [-0.1, -0.05) is 129 Å². The van der Waals surface area contributed by atoms with Crippen molar-refractivity contribution in [2.45, 2.75) is 19.3 Å². The Kier molecular flexibility index (Phi) is 4.67. The summed E-state index contributed by atoms with van der Waals surface area (Å²) < 4.78 is 0. The van der Waals surface area contributed by atoms with Crippen LogP contribution in [0.1, 0.15) is 25.0 Å². The number of hydrogen-bond donors (Lipinski definition) is 0. The van der Waals surface area contributed by atoms with E-state index in [9.17, 15) is 0 Å². The van der Waals surface area contributed by atoms with E-state index < -0.39 is 0 Å². The molecule has 39 heavy (non-hydrogen) atoms. The van der Waals surface area contributed by atoms with Gasteiger partial charge in [-0.15, -0.1) is 0 Å². The zero-order valence-electron chi connectivity index (χ0n) is 22.2. The van der Waals surface area contributed by atoms with Gasteiger partial charge in [0.15, 0.2) is 0 Å². The van der Waals surface area contributed by atoms with Crippen molar-refractivity contribution < 1.29 is 0 Å². The third kappa shape index (κ3) is 3.18. The molecule has 0 N–H and O–H groups in total. The fraction of sp³-hybridized carbons (Fsp3) is 0.0769. The maximum atomic E-state index is 2.44. The average molecular weight is 497 g/mol. The van der Waals surface area contributed by atoms with Crippen molar-refractivity contribution >= 4 is 32.3 Å². The van der Waals surface area contributed by atoms with Crippen LogP contribution in [0.2, 0.25) is 0 Å². The summed E-state index contributed by atoms with van der Waals surface area (Å²) in [5.74, 6) is 0. The van der Waals surface area contributed by atoms with Crippen molar-refractivity contribution in [1.29, 1.82) is 0 Å². The third-order valence-corrected chi connectivity index (χ3v) is 8.84. The molecule has 1 aliphatic carbocycles. The van der Waals surface area contributed by atoms with Crippen LogP contribution >= 0.6 is 0 Å². The van der Waals surface area contributed by atoms with Gasteiger partial charge in [0.1, 0.15) is 0 Å². The lowest BCUT2D eigenvalue weighted by molar-refractivity contribution is 0.660. The Bertz CT molecular complexity index is 2080. The molecule has 0 saturated heterocycles. The second-order valence-corrected chi connectivity index (χ2v) is 11.3. The number of hydrogen-bond acceptors (Lipinski definition) is 0. The van der Waals surface area contributed by atoms with Gasteiger partial charge in [0, 0.05) is 5.41 Å². The Morgan fingerprint density at radius 3 is 1.72 bits per heavy atom. The Balaban J connectivity index is 1.47. The molecule has 0 heteroatoms. The van der Waals surface area contributed by atoms with Crippen LogP contribution in [0.4, 0.5) is 0 Å². The van der Waals surface area contributed by atoms with Gasteiger partial charge >= 0.3 is 0 Å². The molecule has 0 bridgehead atoms. The number of rotatable bonds is 2. The van der Waals surface area contributed by atoms with Gasteiger partial charge in [0.25, 0.3) is 0 Å². The van der Waals surface area contributed by atoms with E-state index in [1.807, 2.05) is 0 Å². The largest absolute Gasteiger partial charge is 0.0622 e. The number of benzene rings is 7. The SMILES string of the molecule is CC1(C)c2ccccc2-c2ccc(-c3cc(-c4ccccc4)c4c5ccccc5c5ccccc5c4c3)cc21. The normalized spacial score (nSPS) is 13.6. The highest BCUT2D eigenvalue weighted by Gasteiger charge is 2.35. The molecule has 0 saturated carbocycles. The molecular weight excluding hydrogens is 468 g/mol. The first-order valence-electron chi connectivity index (χ1n) is 13.8. The fourth-order valence-electron chi connectivity index (χ4n) is 6.93. The molecule has 7 aromatic rings. The minimum absolute atomic E-state index is 0.0239. The molecular formula is C39H28. The van der Waals surface area contributed by atoms with Gasteiger partial charge in [-0.3, -0.25) is 0 Å². The highest BCUT2D eigenvalue weighted by atomic mass is 14.4. The Labute approximate surface area is 229 Å². The Hall–Kier alpha value is -4.68. The van der Waals surface area contributed by atoms with Gasteiger partial charge in [-0.25, -0.2) is 0 Å². The van der Waals surface area contributed by atoms with Crippen LogP contribution < -0.4 is 0 Å². The summed E-state index contributed by atoms with van der Waals surface area (Å²) in [7, 11) is 0. The summed E-state index contributed by atoms with van der Waals surface area (Å²) in [6.45, 7) is 4.72. The van der Waals surface area contributed by atoms with Gasteiger partial charge in [-0.05, 0) is 95.0 Å². The second kappa shape index (κ2) is 8.16. The van der Waals surface area contributed by atoms with Crippen LogP contribution in [0, 0.1) is 0 Å². The quantitative estimate of drug-likeness (QED) is 0.209. The van der Waals surface area contributed by atoms with Gasteiger partial charge < -0.3 is 0 Å². The van der Waals surface area contributed by atoms with Crippen molar-refractivity contribution in [2.75, 3.05) is 0 Å². The summed E-state index contributed by atoms with van der Waals surface area (Å²) in [5.41, 5.74) is 10.6. The smallest absolute Gasteiger partial charge is 0.0159 e. The van der Waals surface area contributed by atoms with Crippen molar-refractivity contribution in [2.24, 2.45) is 0 Å². The molecule has 0 unspecified atom stereocenters. The lowest BCUT2D eigenvalue weighted by Gasteiger charge is -2.22. The first kappa shape index (κ1) is 22.3. The summed E-state index contributed by atoms with van der Waals surface area (Å²) >= 11 is 0. The van der Waals surface area contributed by atoms with Crippen molar-refractivity contribution in [1.82, 2.24) is 0 Å². The monoisotopic (exact) mass is 496 g/mol. The summed E-state index contributed by atoms with van der Waals surface area (Å²) in [6, 6.07) is 49.4. The number of fused-ring (bicyclic) bond motifs is 9. The van der Waals surface area contributed by atoms with Gasteiger partial charge in [0.05, 0.1) is 0 Å². The van der Waals surface area contributed by atoms with Crippen molar-refractivity contribution in [3.63, 3.8) is 0 Å². The van der Waals surface area contributed by atoms with E-state index in [1.54, 1.807) is 0 Å². The molecule has 0 amide bonds. The molecule has 1 aliphatic rings.